The summed E-state index contributed by atoms with van der Waals surface area (Å²) in [6.45, 7) is 4.90. The molecule has 0 spiro atoms. The zero-order chi connectivity index (χ0) is 8.27. The van der Waals surface area contributed by atoms with Crippen molar-refractivity contribution >= 4 is 5.97 Å². The summed E-state index contributed by atoms with van der Waals surface area (Å²) < 4.78 is 10.3. The van der Waals surface area contributed by atoms with Gasteiger partial charge in [-0.1, -0.05) is 6.92 Å². The Morgan fingerprint density at radius 2 is 2.36 bits per heavy atom. The molecule has 0 N–H and O–H groups in total. The van der Waals surface area contributed by atoms with Crippen molar-refractivity contribution in [1.29, 1.82) is 0 Å². The van der Waals surface area contributed by atoms with E-state index in [-0.39, 0.29) is 12.1 Å². The molecule has 0 aromatic heterocycles. The van der Waals surface area contributed by atoms with E-state index in [1.807, 2.05) is 6.92 Å². The van der Waals surface area contributed by atoms with E-state index in [1.54, 1.807) is 0 Å². The number of carbonyl (C=O) groups is 1. The summed E-state index contributed by atoms with van der Waals surface area (Å²) in [7, 11) is 0. The zero-order valence-electron chi connectivity index (χ0n) is 7.00. The first kappa shape index (κ1) is 8.53. The quantitative estimate of drug-likeness (QED) is 0.533. The highest BCUT2D eigenvalue weighted by molar-refractivity contribution is 5.66. The van der Waals surface area contributed by atoms with E-state index >= 15 is 0 Å². The molecular weight excluding hydrogens is 144 g/mol. The van der Waals surface area contributed by atoms with Gasteiger partial charge in [0.25, 0.3) is 0 Å². The van der Waals surface area contributed by atoms with Gasteiger partial charge >= 0.3 is 5.97 Å². The van der Waals surface area contributed by atoms with E-state index in [0.29, 0.717) is 19.1 Å². The predicted molar refractivity (Wildman–Crippen MR) is 40.2 cm³/mol. The maximum atomic E-state index is 10.6. The molecule has 2 atom stereocenters. The first-order valence-corrected chi connectivity index (χ1v) is 3.95. The zero-order valence-corrected chi connectivity index (χ0v) is 7.00. The van der Waals surface area contributed by atoms with Gasteiger partial charge in [-0.3, -0.25) is 4.79 Å². The lowest BCUT2D eigenvalue weighted by atomic mass is 10.0. The number of esters is 1. The number of ether oxygens (including phenoxy) is 2. The summed E-state index contributed by atoms with van der Waals surface area (Å²) in [6, 6.07) is 0. The molecule has 0 aromatic carbocycles. The Hall–Kier alpha value is -0.570. The molecule has 11 heavy (non-hydrogen) atoms. The predicted octanol–water partition coefficient (Wildman–Crippen LogP) is 0.974. The van der Waals surface area contributed by atoms with Gasteiger partial charge in [-0.05, 0) is 0 Å². The fraction of sp³-hybridized carbons (Fsp3) is 0.875. The van der Waals surface area contributed by atoms with Gasteiger partial charge in [0.05, 0.1) is 13.2 Å². The Morgan fingerprint density at radius 1 is 1.64 bits per heavy atom. The summed E-state index contributed by atoms with van der Waals surface area (Å²) in [6.07, 6.45) is 0.905. The van der Waals surface area contributed by atoms with Crippen LogP contribution < -0.4 is 0 Å². The highest BCUT2D eigenvalue weighted by atomic mass is 16.6. The van der Waals surface area contributed by atoms with Crippen molar-refractivity contribution in [2.75, 3.05) is 13.2 Å². The molecule has 0 saturated carbocycles. The van der Waals surface area contributed by atoms with Crippen molar-refractivity contribution in [2.45, 2.75) is 26.4 Å². The SMILES string of the molecule is CC(=O)O[C@@H]1CCOC[C@@H]1C. The molecule has 0 amide bonds. The summed E-state index contributed by atoms with van der Waals surface area (Å²) in [5.41, 5.74) is 0. The Morgan fingerprint density at radius 3 is 2.91 bits per heavy atom. The number of hydrogen-bond donors (Lipinski definition) is 0. The van der Waals surface area contributed by atoms with Gasteiger partial charge in [-0.15, -0.1) is 0 Å². The molecule has 0 aliphatic carbocycles. The monoisotopic (exact) mass is 158 g/mol. The largest absolute Gasteiger partial charge is 0.462 e. The third kappa shape index (κ3) is 2.50. The topological polar surface area (TPSA) is 35.5 Å². The Bertz CT molecular complexity index is 144. The molecule has 0 bridgehead atoms. The maximum Gasteiger partial charge on any atom is 0.302 e. The lowest BCUT2D eigenvalue weighted by Crippen LogP contribution is -2.33. The average Bonchev–Trinajstić information content (AvgIpc) is 1.93. The normalized spacial score (nSPS) is 31.5. The highest BCUT2D eigenvalue weighted by Gasteiger charge is 2.23. The fourth-order valence-corrected chi connectivity index (χ4v) is 1.25. The molecule has 1 heterocycles. The molecule has 0 aromatic rings. The van der Waals surface area contributed by atoms with Gasteiger partial charge in [-0.2, -0.15) is 0 Å². The summed E-state index contributed by atoms with van der Waals surface area (Å²) in [5, 5.41) is 0. The first-order valence-electron chi connectivity index (χ1n) is 3.95. The smallest absolute Gasteiger partial charge is 0.302 e. The third-order valence-electron chi connectivity index (χ3n) is 1.88. The van der Waals surface area contributed by atoms with Crippen LogP contribution in [-0.4, -0.2) is 25.3 Å². The maximum absolute atomic E-state index is 10.6. The van der Waals surface area contributed by atoms with Crippen molar-refractivity contribution < 1.29 is 14.3 Å². The first-order chi connectivity index (χ1) is 5.20. The van der Waals surface area contributed by atoms with E-state index < -0.39 is 0 Å². The average molecular weight is 158 g/mol. The second kappa shape index (κ2) is 3.72. The van der Waals surface area contributed by atoms with Crippen LogP contribution in [0.2, 0.25) is 0 Å². The van der Waals surface area contributed by atoms with Crippen molar-refractivity contribution in [1.82, 2.24) is 0 Å². The molecule has 64 valence electrons. The lowest BCUT2D eigenvalue weighted by molar-refractivity contribution is -0.154. The summed E-state index contributed by atoms with van der Waals surface area (Å²) in [4.78, 5) is 10.6. The van der Waals surface area contributed by atoms with Crippen molar-refractivity contribution in [3.63, 3.8) is 0 Å². The summed E-state index contributed by atoms with van der Waals surface area (Å²) in [5.74, 6) is 0.149. The molecule has 1 fully saturated rings. The standard InChI is InChI=1S/C8H14O3/c1-6-5-10-4-3-8(6)11-7(2)9/h6,8H,3-5H2,1-2H3/t6-,8+/m0/s1. The second-order valence-corrected chi connectivity index (χ2v) is 2.99. The van der Waals surface area contributed by atoms with E-state index in [9.17, 15) is 4.79 Å². The van der Waals surface area contributed by atoms with Gasteiger partial charge in [-0.25, -0.2) is 0 Å². The highest BCUT2D eigenvalue weighted by Crippen LogP contribution is 2.17. The van der Waals surface area contributed by atoms with Crippen LogP contribution in [0, 0.1) is 5.92 Å². The Labute approximate surface area is 66.7 Å². The van der Waals surface area contributed by atoms with E-state index in [0.717, 1.165) is 6.42 Å². The molecule has 3 nitrogen and oxygen atoms in total. The van der Waals surface area contributed by atoms with Gasteiger partial charge in [0.15, 0.2) is 0 Å². The van der Waals surface area contributed by atoms with Gasteiger partial charge in [0.1, 0.15) is 6.10 Å². The van der Waals surface area contributed by atoms with Crippen molar-refractivity contribution in [3.8, 4) is 0 Å². The number of hydrogen-bond acceptors (Lipinski definition) is 3. The molecule has 0 radical (unpaired) electrons. The number of carbonyl (C=O) groups excluding carboxylic acids is 1. The van der Waals surface area contributed by atoms with Crippen LogP contribution in [0.5, 0.6) is 0 Å². The summed E-state index contributed by atoms with van der Waals surface area (Å²) >= 11 is 0. The van der Waals surface area contributed by atoms with Crippen LogP contribution in [0.15, 0.2) is 0 Å². The van der Waals surface area contributed by atoms with Gasteiger partial charge in [0.2, 0.25) is 0 Å². The molecule has 3 heteroatoms. The minimum Gasteiger partial charge on any atom is -0.462 e. The van der Waals surface area contributed by atoms with Crippen LogP contribution in [0.4, 0.5) is 0 Å². The van der Waals surface area contributed by atoms with Crippen LogP contribution in [0.3, 0.4) is 0 Å². The lowest BCUT2D eigenvalue weighted by Gasteiger charge is -2.27. The fourth-order valence-electron chi connectivity index (χ4n) is 1.25. The Balaban J connectivity index is 2.35. The van der Waals surface area contributed by atoms with Crippen molar-refractivity contribution in [2.24, 2.45) is 5.92 Å². The number of rotatable bonds is 1. The molecular formula is C8H14O3. The minimum atomic E-state index is -0.191. The molecule has 1 aliphatic rings. The molecule has 1 aliphatic heterocycles. The van der Waals surface area contributed by atoms with E-state index in [2.05, 4.69) is 0 Å². The molecule has 1 rings (SSSR count). The minimum absolute atomic E-state index is 0.0706. The molecule has 0 unspecified atom stereocenters. The van der Waals surface area contributed by atoms with Crippen LogP contribution >= 0.6 is 0 Å². The van der Waals surface area contributed by atoms with Crippen molar-refractivity contribution in [3.05, 3.63) is 0 Å². The van der Waals surface area contributed by atoms with Crippen LogP contribution in [-0.2, 0) is 14.3 Å². The van der Waals surface area contributed by atoms with Crippen LogP contribution in [0.25, 0.3) is 0 Å². The second-order valence-electron chi connectivity index (χ2n) is 2.99. The molecule has 1 saturated heterocycles. The van der Waals surface area contributed by atoms with Crippen LogP contribution in [0.1, 0.15) is 20.3 Å². The third-order valence-corrected chi connectivity index (χ3v) is 1.88. The van der Waals surface area contributed by atoms with Gasteiger partial charge in [0, 0.05) is 19.3 Å². The Kier molecular flexibility index (Phi) is 2.88. The van der Waals surface area contributed by atoms with Gasteiger partial charge < -0.3 is 9.47 Å². The van der Waals surface area contributed by atoms with E-state index in [1.165, 1.54) is 6.92 Å². The van der Waals surface area contributed by atoms with E-state index in [4.69, 9.17) is 9.47 Å².